The van der Waals surface area contributed by atoms with Gasteiger partial charge in [-0.1, -0.05) is 59.6 Å². The highest BCUT2D eigenvalue weighted by Gasteiger charge is 2.25. The summed E-state index contributed by atoms with van der Waals surface area (Å²) in [5.74, 6) is 0.864. The molecule has 0 spiro atoms. The molecule has 0 saturated carbocycles. The molecule has 1 N–H and O–H groups in total. The van der Waals surface area contributed by atoms with Crippen molar-refractivity contribution in [1.82, 2.24) is 10.2 Å². The number of carbonyl (C=O) groups is 1. The van der Waals surface area contributed by atoms with E-state index in [-0.39, 0.29) is 11.8 Å². The van der Waals surface area contributed by atoms with Crippen LogP contribution in [0.5, 0.6) is 5.75 Å². The molecule has 4 aromatic rings. The van der Waals surface area contributed by atoms with Crippen LogP contribution < -0.4 is 10.1 Å². The van der Waals surface area contributed by atoms with E-state index in [2.05, 4.69) is 22.4 Å². The third-order valence-corrected chi connectivity index (χ3v) is 10.2. The Morgan fingerprint density at radius 2 is 1.84 bits per heavy atom. The molecule has 0 aliphatic carbocycles. The molecule has 228 valence electrons. The van der Waals surface area contributed by atoms with Crippen LogP contribution in [0.15, 0.2) is 77.7 Å². The summed E-state index contributed by atoms with van der Waals surface area (Å²) in [7, 11) is 0.534. The van der Waals surface area contributed by atoms with Gasteiger partial charge in [0.05, 0.1) is 39.6 Å². The molecule has 5 rings (SSSR count). The SMILES string of the molecule is COc1ccc(C2CCN(CC[C@H](CNC(=O)c3cc(C#N)cc4ccccc34)c3ccc(Cl)c(Cl)c3)CC2)c(S(C)=O)c1. The number of carbonyl (C=O) groups excluding carboxylic acids is 1. The lowest BCUT2D eigenvalue weighted by molar-refractivity contribution is 0.0951. The van der Waals surface area contributed by atoms with Crippen LogP contribution in [0.4, 0.5) is 0 Å². The summed E-state index contributed by atoms with van der Waals surface area (Å²) < 4.78 is 17.8. The van der Waals surface area contributed by atoms with Gasteiger partial charge in [0, 0.05) is 29.2 Å². The summed E-state index contributed by atoms with van der Waals surface area (Å²) in [5, 5.41) is 15.3. The van der Waals surface area contributed by atoms with Crippen LogP contribution in [0, 0.1) is 11.3 Å². The number of nitrogens with one attached hydrogen (secondary N) is 1. The van der Waals surface area contributed by atoms with E-state index in [1.807, 2.05) is 48.5 Å². The monoisotopic (exact) mass is 647 g/mol. The van der Waals surface area contributed by atoms with Crippen LogP contribution in [0.3, 0.4) is 0 Å². The highest BCUT2D eigenvalue weighted by molar-refractivity contribution is 7.84. The average molecular weight is 649 g/mol. The number of likely N-dealkylation sites (tertiary alicyclic amines) is 1. The first kappa shape index (κ1) is 32.0. The van der Waals surface area contributed by atoms with Crippen LogP contribution >= 0.6 is 23.2 Å². The quantitative estimate of drug-likeness (QED) is 0.192. The van der Waals surface area contributed by atoms with E-state index in [4.69, 9.17) is 27.9 Å². The van der Waals surface area contributed by atoms with Gasteiger partial charge in [0.1, 0.15) is 5.75 Å². The fraction of sp³-hybridized carbons (Fsp3) is 0.314. The van der Waals surface area contributed by atoms with Crippen LogP contribution in [-0.2, 0) is 10.8 Å². The van der Waals surface area contributed by atoms with Gasteiger partial charge in [-0.15, -0.1) is 0 Å². The number of fused-ring (bicyclic) bond motifs is 1. The number of nitrogens with zero attached hydrogens (tertiary/aromatic N) is 2. The lowest BCUT2D eigenvalue weighted by atomic mass is 9.88. The Kier molecular flexibility index (Phi) is 10.6. The minimum absolute atomic E-state index is 0.00700. The van der Waals surface area contributed by atoms with Crippen molar-refractivity contribution >= 4 is 50.7 Å². The predicted molar refractivity (Wildman–Crippen MR) is 179 cm³/mol. The number of hydrogen-bond acceptors (Lipinski definition) is 5. The second-order valence-electron chi connectivity index (χ2n) is 11.2. The van der Waals surface area contributed by atoms with Gasteiger partial charge in [0.25, 0.3) is 5.91 Å². The van der Waals surface area contributed by atoms with Crippen LogP contribution in [0.25, 0.3) is 10.8 Å². The third kappa shape index (κ3) is 7.44. The Bertz CT molecular complexity index is 1730. The highest BCUT2D eigenvalue weighted by Crippen LogP contribution is 2.35. The second kappa shape index (κ2) is 14.6. The standard InChI is InChI=1S/C35H35Cl2N3O3S/c1-43-28-8-9-30(34(20-28)44(2)42)24-11-14-40(15-12-24)16-13-27(25-7-10-32(36)33(37)19-25)22-39-35(41)31-18-23(21-38)17-26-5-3-4-6-29(26)31/h3-10,17-20,24,27H,11-16,22H2,1-2H3,(H,39,41)/t27-,44?/m1/s1. The zero-order valence-electron chi connectivity index (χ0n) is 24.8. The summed E-state index contributed by atoms with van der Waals surface area (Å²) >= 11 is 12.6. The zero-order chi connectivity index (χ0) is 31.2. The van der Waals surface area contributed by atoms with Gasteiger partial charge in [-0.3, -0.25) is 9.00 Å². The van der Waals surface area contributed by atoms with Crippen LogP contribution in [0.2, 0.25) is 10.0 Å². The molecule has 0 aromatic heterocycles. The largest absolute Gasteiger partial charge is 0.497 e. The molecule has 4 aromatic carbocycles. The van der Waals surface area contributed by atoms with E-state index < -0.39 is 10.8 Å². The molecule has 1 fully saturated rings. The normalized spacial score (nSPS) is 15.4. The van der Waals surface area contributed by atoms with Crippen molar-refractivity contribution in [3.05, 3.63) is 105 Å². The van der Waals surface area contributed by atoms with Crippen molar-refractivity contribution in [3.8, 4) is 11.8 Å². The second-order valence-corrected chi connectivity index (χ2v) is 13.4. The first-order chi connectivity index (χ1) is 21.3. The molecular formula is C35H35Cl2N3O3S. The van der Waals surface area contributed by atoms with Gasteiger partial charge in [0.2, 0.25) is 0 Å². The number of amides is 1. The molecule has 1 heterocycles. The molecule has 6 nitrogen and oxygen atoms in total. The average Bonchev–Trinajstić information content (AvgIpc) is 3.05. The van der Waals surface area contributed by atoms with Gasteiger partial charge >= 0.3 is 0 Å². The van der Waals surface area contributed by atoms with E-state index in [1.54, 1.807) is 31.6 Å². The van der Waals surface area contributed by atoms with E-state index in [0.717, 1.165) is 71.4 Å². The van der Waals surface area contributed by atoms with E-state index >= 15 is 0 Å². The Morgan fingerprint density at radius 1 is 1.07 bits per heavy atom. The number of ether oxygens (including phenoxy) is 1. The van der Waals surface area contributed by atoms with Crippen molar-refractivity contribution in [2.75, 3.05) is 39.5 Å². The molecule has 1 amide bonds. The summed E-state index contributed by atoms with van der Waals surface area (Å²) in [6, 6.07) is 24.8. The minimum Gasteiger partial charge on any atom is -0.497 e. The topological polar surface area (TPSA) is 82.4 Å². The van der Waals surface area contributed by atoms with Gasteiger partial charge in [-0.25, -0.2) is 0 Å². The molecule has 1 aliphatic heterocycles. The van der Waals surface area contributed by atoms with Gasteiger partial charge in [-0.05, 0) is 103 Å². The van der Waals surface area contributed by atoms with Crippen molar-refractivity contribution in [2.24, 2.45) is 0 Å². The Labute approximate surface area is 271 Å². The molecule has 1 saturated heterocycles. The maximum atomic E-state index is 13.5. The zero-order valence-corrected chi connectivity index (χ0v) is 27.1. The predicted octanol–water partition coefficient (Wildman–Crippen LogP) is 7.55. The minimum atomic E-state index is -1.09. The van der Waals surface area contributed by atoms with Gasteiger partial charge < -0.3 is 15.0 Å². The number of benzene rings is 4. The van der Waals surface area contributed by atoms with Crippen molar-refractivity contribution in [3.63, 3.8) is 0 Å². The van der Waals surface area contributed by atoms with E-state index in [9.17, 15) is 14.3 Å². The van der Waals surface area contributed by atoms with Crippen molar-refractivity contribution < 1.29 is 13.7 Å². The summed E-state index contributed by atoms with van der Waals surface area (Å²) in [5.41, 5.74) is 3.10. The van der Waals surface area contributed by atoms with Crippen molar-refractivity contribution in [1.29, 1.82) is 5.26 Å². The molecule has 0 radical (unpaired) electrons. The number of nitriles is 1. The lowest BCUT2D eigenvalue weighted by Crippen LogP contribution is -2.36. The number of halogens is 2. The molecule has 9 heteroatoms. The van der Waals surface area contributed by atoms with E-state index in [0.29, 0.717) is 33.6 Å². The molecule has 0 bridgehead atoms. The smallest absolute Gasteiger partial charge is 0.251 e. The Balaban J connectivity index is 1.27. The van der Waals surface area contributed by atoms with Crippen molar-refractivity contribution in [2.45, 2.75) is 36.0 Å². The van der Waals surface area contributed by atoms with Gasteiger partial charge in [0.15, 0.2) is 0 Å². The molecule has 1 aliphatic rings. The third-order valence-electron chi connectivity index (χ3n) is 8.51. The highest BCUT2D eigenvalue weighted by atomic mass is 35.5. The summed E-state index contributed by atoms with van der Waals surface area (Å²) in [6.45, 7) is 3.13. The molecular weight excluding hydrogens is 613 g/mol. The molecule has 44 heavy (non-hydrogen) atoms. The lowest BCUT2D eigenvalue weighted by Gasteiger charge is -2.34. The number of rotatable bonds is 10. The van der Waals surface area contributed by atoms with Crippen LogP contribution in [-0.4, -0.2) is 54.6 Å². The maximum Gasteiger partial charge on any atom is 0.251 e. The first-order valence-electron chi connectivity index (χ1n) is 14.7. The number of piperidine rings is 1. The fourth-order valence-corrected chi connectivity index (χ4v) is 7.22. The Hall–Kier alpha value is -3.41. The summed E-state index contributed by atoms with van der Waals surface area (Å²) in [6.07, 6.45) is 4.49. The Morgan fingerprint density at radius 3 is 2.55 bits per heavy atom. The van der Waals surface area contributed by atoms with Crippen LogP contribution in [0.1, 0.15) is 58.1 Å². The van der Waals surface area contributed by atoms with E-state index in [1.165, 1.54) is 0 Å². The summed E-state index contributed by atoms with van der Waals surface area (Å²) in [4.78, 5) is 16.8. The molecule has 1 unspecified atom stereocenters. The first-order valence-corrected chi connectivity index (χ1v) is 17.0. The molecule has 2 atom stereocenters. The fourth-order valence-electron chi connectivity index (χ4n) is 6.06. The maximum absolute atomic E-state index is 13.5. The van der Waals surface area contributed by atoms with Gasteiger partial charge in [-0.2, -0.15) is 5.26 Å². The number of methoxy groups -OCH3 is 1. The number of hydrogen-bond donors (Lipinski definition) is 1.